The Kier molecular flexibility index (Phi) is 3.28. The first-order valence-electron chi connectivity index (χ1n) is 5.63. The van der Waals surface area contributed by atoms with E-state index in [4.69, 9.17) is 10.8 Å². The minimum atomic E-state index is -0.751. The number of anilines is 1. The highest BCUT2D eigenvalue weighted by atomic mass is 19.1. The molecule has 2 atom stereocenters. The molecule has 4 nitrogen and oxygen atoms in total. The molecular weight excluding hydrogens is 223 g/mol. The van der Waals surface area contributed by atoms with E-state index in [9.17, 15) is 9.18 Å². The first-order chi connectivity index (χ1) is 8.08. The van der Waals surface area contributed by atoms with Crippen molar-refractivity contribution in [2.75, 3.05) is 5.32 Å². The molecule has 0 radical (unpaired) electrons. The summed E-state index contributed by atoms with van der Waals surface area (Å²) in [6.07, 6.45) is 2.57. The Balaban J connectivity index is 2.05. The van der Waals surface area contributed by atoms with Crippen LogP contribution in [0.4, 0.5) is 10.1 Å². The van der Waals surface area contributed by atoms with Gasteiger partial charge >= 0.3 is 0 Å². The quantitative estimate of drug-likeness (QED) is 0.685. The number of amides is 1. The van der Waals surface area contributed by atoms with Gasteiger partial charge in [0.1, 0.15) is 0 Å². The van der Waals surface area contributed by atoms with Crippen molar-refractivity contribution >= 4 is 11.6 Å². The van der Waals surface area contributed by atoms with Gasteiger partial charge in [0.05, 0.1) is 5.92 Å². The van der Waals surface area contributed by atoms with Gasteiger partial charge in [-0.1, -0.05) is 6.42 Å². The van der Waals surface area contributed by atoms with Crippen molar-refractivity contribution in [3.8, 4) is 5.75 Å². The number of hydrogen-bond acceptors (Lipinski definition) is 3. The van der Waals surface area contributed by atoms with E-state index in [-0.39, 0.29) is 17.9 Å². The van der Waals surface area contributed by atoms with Crippen LogP contribution < -0.4 is 11.1 Å². The van der Waals surface area contributed by atoms with Crippen LogP contribution in [0.15, 0.2) is 18.2 Å². The summed E-state index contributed by atoms with van der Waals surface area (Å²) < 4.78 is 13.1. The number of carbonyl (C=O) groups excluding carboxylic acids is 1. The fraction of sp³-hybridized carbons (Fsp3) is 0.417. The molecule has 0 spiro atoms. The maximum Gasteiger partial charge on any atom is 0.229 e. The van der Waals surface area contributed by atoms with E-state index in [0.29, 0.717) is 5.69 Å². The van der Waals surface area contributed by atoms with Crippen molar-refractivity contribution in [3.05, 3.63) is 24.0 Å². The summed E-state index contributed by atoms with van der Waals surface area (Å²) in [4.78, 5) is 11.8. The second-order valence-corrected chi connectivity index (χ2v) is 4.36. The van der Waals surface area contributed by atoms with Crippen molar-refractivity contribution in [3.63, 3.8) is 0 Å². The molecule has 0 aromatic heterocycles. The summed E-state index contributed by atoms with van der Waals surface area (Å²) in [7, 11) is 0. The molecule has 4 N–H and O–H groups in total. The van der Waals surface area contributed by atoms with Crippen LogP contribution in [0.5, 0.6) is 5.75 Å². The van der Waals surface area contributed by atoms with Gasteiger partial charge in [-0.3, -0.25) is 4.79 Å². The van der Waals surface area contributed by atoms with Crippen molar-refractivity contribution in [2.24, 2.45) is 11.7 Å². The van der Waals surface area contributed by atoms with E-state index in [1.807, 2.05) is 0 Å². The molecule has 2 rings (SSSR count). The standard InChI is InChI=1S/C12H15FN2O2/c13-9-6-7(4-5-11(9)16)15-12(17)8-2-1-3-10(8)14/h4-6,8,10,16H,1-3,14H2,(H,15,17). The predicted octanol–water partition coefficient (Wildman–Crippen LogP) is 1.60. The third-order valence-electron chi connectivity index (χ3n) is 3.12. The molecule has 1 amide bonds. The van der Waals surface area contributed by atoms with Crippen molar-refractivity contribution < 1.29 is 14.3 Å². The van der Waals surface area contributed by atoms with Gasteiger partial charge in [0, 0.05) is 17.8 Å². The molecule has 5 heteroatoms. The maximum atomic E-state index is 13.1. The van der Waals surface area contributed by atoms with Crippen LogP contribution in [-0.4, -0.2) is 17.1 Å². The zero-order valence-electron chi connectivity index (χ0n) is 9.32. The molecule has 1 aromatic carbocycles. The van der Waals surface area contributed by atoms with Gasteiger partial charge in [-0.05, 0) is 25.0 Å². The monoisotopic (exact) mass is 238 g/mol. The molecule has 1 fully saturated rings. The SMILES string of the molecule is NC1CCCC1C(=O)Nc1ccc(O)c(F)c1. The van der Waals surface area contributed by atoms with E-state index in [0.717, 1.165) is 25.3 Å². The minimum absolute atomic E-state index is 0.114. The van der Waals surface area contributed by atoms with E-state index < -0.39 is 11.6 Å². The molecular formula is C12H15FN2O2. The maximum absolute atomic E-state index is 13.1. The lowest BCUT2D eigenvalue weighted by Crippen LogP contribution is -2.34. The Hall–Kier alpha value is -1.62. The van der Waals surface area contributed by atoms with Gasteiger partial charge in [0.2, 0.25) is 5.91 Å². The first-order valence-corrected chi connectivity index (χ1v) is 5.63. The van der Waals surface area contributed by atoms with Crippen LogP contribution in [-0.2, 0) is 4.79 Å². The Morgan fingerprint density at radius 1 is 1.47 bits per heavy atom. The highest BCUT2D eigenvalue weighted by Gasteiger charge is 2.30. The van der Waals surface area contributed by atoms with Crippen molar-refractivity contribution in [1.82, 2.24) is 0 Å². The fourth-order valence-electron chi connectivity index (χ4n) is 2.13. The number of benzene rings is 1. The van der Waals surface area contributed by atoms with E-state index in [1.54, 1.807) is 0 Å². The number of rotatable bonds is 2. The molecule has 0 saturated heterocycles. The van der Waals surface area contributed by atoms with Crippen LogP contribution in [0.2, 0.25) is 0 Å². The number of phenolic OH excluding ortho intramolecular Hbond substituents is 1. The summed E-state index contributed by atoms with van der Waals surface area (Å²) in [5.74, 6) is -1.56. The number of carbonyl (C=O) groups is 1. The van der Waals surface area contributed by atoms with Gasteiger partial charge in [0.25, 0.3) is 0 Å². The minimum Gasteiger partial charge on any atom is -0.505 e. The fourth-order valence-corrected chi connectivity index (χ4v) is 2.13. The van der Waals surface area contributed by atoms with Crippen LogP contribution in [0, 0.1) is 11.7 Å². The molecule has 92 valence electrons. The van der Waals surface area contributed by atoms with E-state index in [1.165, 1.54) is 12.1 Å². The van der Waals surface area contributed by atoms with Gasteiger partial charge in [-0.15, -0.1) is 0 Å². The smallest absolute Gasteiger partial charge is 0.229 e. The van der Waals surface area contributed by atoms with Gasteiger partial charge in [0.15, 0.2) is 11.6 Å². The number of phenols is 1. The second kappa shape index (κ2) is 4.71. The average Bonchev–Trinajstić information content (AvgIpc) is 2.70. The average molecular weight is 238 g/mol. The third-order valence-corrected chi connectivity index (χ3v) is 3.12. The van der Waals surface area contributed by atoms with Crippen LogP contribution >= 0.6 is 0 Å². The number of nitrogens with one attached hydrogen (secondary N) is 1. The van der Waals surface area contributed by atoms with Crippen LogP contribution in [0.25, 0.3) is 0 Å². The third kappa shape index (κ3) is 2.55. The number of nitrogens with two attached hydrogens (primary N) is 1. The van der Waals surface area contributed by atoms with Gasteiger partial charge in [-0.25, -0.2) is 4.39 Å². The zero-order chi connectivity index (χ0) is 12.4. The lowest BCUT2D eigenvalue weighted by atomic mass is 10.0. The molecule has 1 aliphatic rings. The highest BCUT2D eigenvalue weighted by molar-refractivity contribution is 5.93. The molecule has 1 saturated carbocycles. The summed E-state index contributed by atoms with van der Waals surface area (Å²) in [5, 5.41) is 11.6. The molecule has 2 unspecified atom stereocenters. The second-order valence-electron chi connectivity index (χ2n) is 4.36. The lowest BCUT2D eigenvalue weighted by molar-refractivity contribution is -0.120. The van der Waals surface area contributed by atoms with Crippen LogP contribution in [0.1, 0.15) is 19.3 Å². The Morgan fingerprint density at radius 3 is 2.82 bits per heavy atom. The predicted molar refractivity (Wildman–Crippen MR) is 62.0 cm³/mol. The highest BCUT2D eigenvalue weighted by Crippen LogP contribution is 2.26. The number of aromatic hydroxyl groups is 1. The van der Waals surface area contributed by atoms with Gasteiger partial charge < -0.3 is 16.2 Å². The summed E-state index contributed by atoms with van der Waals surface area (Å²) in [5.41, 5.74) is 6.15. The largest absolute Gasteiger partial charge is 0.505 e. The summed E-state index contributed by atoms with van der Waals surface area (Å²) >= 11 is 0. The van der Waals surface area contributed by atoms with Gasteiger partial charge in [-0.2, -0.15) is 0 Å². The van der Waals surface area contributed by atoms with Crippen molar-refractivity contribution in [2.45, 2.75) is 25.3 Å². The lowest BCUT2D eigenvalue weighted by Gasteiger charge is -2.15. The molecule has 0 aliphatic heterocycles. The summed E-state index contributed by atoms with van der Waals surface area (Å²) in [6, 6.07) is 3.64. The molecule has 0 heterocycles. The normalized spacial score (nSPS) is 23.6. The van der Waals surface area contributed by atoms with E-state index in [2.05, 4.69) is 5.32 Å². The summed E-state index contributed by atoms with van der Waals surface area (Å²) in [6.45, 7) is 0. The Labute approximate surface area is 98.6 Å². The molecule has 1 aliphatic carbocycles. The topological polar surface area (TPSA) is 75.4 Å². The molecule has 0 bridgehead atoms. The first kappa shape index (κ1) is 11.9. The number of hydrogen-bond donors (Lipinski definition) is 3. The Morgan fingerprint density at radius 2 is 2.24 bits per heavy atom. The van der Waals surface area contributed by atoms with Crippen LogP contribution in [0.3, 0.4) is 0 Å². The molecule has 1 aromatic rings. The molecule has 17 heavy (non-hydrogen) atoms. The van der Waals surface area contributed by atoms with Crippen molar-refractivity contribution in [1.29, 1.82) is 0 Å². The zero-order valence-corrected chi connectivity index (χ0v) is 9.32. The van der Waals surface area contributed by atoms with E-state index >= 15 is 0 Å². The Bertz CT molecular complexity index is 437. The number of halogens is 1.